The summed E-state index contributed by atoms with van der Waals surface area (Å²) in [6.07, 6.45) is 3.57. The van der Waals surface area contributed by atoms with Crippen LogP contribution >= 0.6 is 11.6 Å². The van der Waals surface area contributed by atoms with Gasteiger partial charge in [0.1, 0.15) is 5.69 Å². The van der Waals surface area contributed by atoms with Crippen molar-refractivity contribution in [1.82, 2.24) is 4.98 Å². The molecule has 0 radical (unpaired) electrons. The van der Waals surface area contributed by atoms with E-state index < -0.39 is 0 Å². The standard InChI is InChI=1S/C18H14ClN5.BrH/c19-15-10-8-14(9-11-15)18-21-23(16-5-2-1-3-6-16)24(22-18)17-7-4-12-20-13-17;/h1-13H,(H,21,22);1H. The highest BCUT2D eigenvalue weighted by Gasteiger charge is 2.31. The van der Waals surface area contributed by atoms with Crippen LogP contribution in [0.15, 0.2) is 84.2 Å². The monoisotopic (exact) mass is 415 g/mol. The number of quaternary nitrogens is 1. The summed E-state index contributed by atoms with van der Waals surface area (Å²) in [5.74, 6) is 0.861. The van der Waals surface area contributed by atoms with Gasteiger partial charge in [0.05, 0.1) is 17.4 Å². The Labute approximate surface area is 161 Å². The number of amidine groups is 1. The van der Waals surface area contributed by atoms with Crippen molar-refractivity contribution in [3.05, 3.63) is 89.7 Å². The number of para-hydroxylation sites is 1. The maximum absolute atomic E-state index is 5.99. The second-order valence-corrected chi connectivity index (χ2v) is 5.74. The largest absolute Gasteiger partial charge is 1.00 e. The molecule has 0 saturated carbocycles. The topological polar surface area (TPSA) is 48.3 Å². The Bertz CT molecular complexity index is 856. The Kier molecular flexibility index (Phi) is 5.33. The van der Waals surface area contributed by atoms with Crippen LogP contribution in [0.5, 0.6) is 0 Å². The minimum atomic E-state index is 0. The number of pyridine rings is 1. The van der Waals surface area contributed by atoms with E-state index >= 15 is 0 Å². The molecule has 0 saturated heterocycles. The number of benzene rings is 2. The lowest BCUT2D eigenvalue weighted by Crippen LogP contribution is -3.00. The zero-order valence-corrected chi connectivity index (χ0v) is 15.5. The van der Waals surface area contributed by atoms with E-state index in [1.165, 1.54) is 0 Å². The van der Waals surface area contributed by atoms with Crippen LogP contribution in [0.3, 0.4) is 0 Å². The van der Waals surface area contributed by atoms with Crippen LogP contribution in [0, 0.1) is 0 Å². The second kappa shape index (κ2) is 7.65. The van der Waals surface area contributed by atoms with Gasteiger partial charge in [0.15, 0.2) is 0 Å². The first kappa shape index (κ1) is 17.4. The zero-order valence-electron chi connectivity index (χ0n) is 13.1. The molecule has 0 unspecified atom stereocenters. The normalized spacial score (nSPS) is 13.4. The highest BCUT2D eigenvalue weighted by molar-refractivity contribution is 6.30. The second-order valence-electron chi connectivity index (χ2n) is 5.30. The number of nitrogens with two attached hydrogens (primary N) is 1. The van der Waals surface area contributed by atoms with E-state index in [0.717, 1.165) is 22.8 Å². The van der Waals surface area contributed by atoms with Crippen LogP contribution in [0.1, 0.15) is 5.56 Å². The summed E-state index contributed by atoms with van der Waals surface area (Å²) in [6.45, 7) is 0. The molecule has 3 aromatic rings. The van der Waals surface area contributed by atoms with Crippen molar-refractivity contribution in [2.24, 2.45) is 5.10 Å². The average molecular weight is 417 g/mol. The van der Waals surface area contributed by atoms with Crippen molar-refractivity contribution in [3.8, 4) is 0 Å². The lowest BCUT2D eigenvalue weighted by Gasteiger charge is -2.23. The predicted octanol–water partition coefficient (Wildman–Crippen LogP) is -0.179. The Morgan fingerprint density at radius 1 is 0.840 bits per heavy atom. The highest BCUT2D eigenvalue weighted by atomic mass is 79.9. The lowest BCUT2D eigenvalue weighted by atomic mass is 10.2. The fourth-order valence-corrected chi connectivity index (χ4v) is 2.64. The molecule has 1 aliphatic heterocycles. The Morgan fingerprint density at radius 2 is 1.56 bits per heavy atom. The molecule has 25 heavy (non-hydrogen) atoms. The molecule has 0 atom stereocenters. The smallest absolute Gasteiger partial charge is 0.277 e. The number of anilines is 2. The summed E-state index contributed by atoms with van der Waals surface area (Å²) < 4.78 is 0. The Balaban J connectivity index is 0.00000182. The lowest BCUT2D eigenvalue weighted by molar-refractivity contribution is -0.545. The summed E-state index contributed by atoms with van der Waals surface area (Å²) in [5.41, 5.74) is 4.91. The molecule has 4 rings (SSSR count). The third-order valence-corrected chi connectivity index (χ3v) is 3.94. The molecule has 126 valence electrons. The molecule has 1 aromatic heterocycles. The van der Waals surface area contributed by atoms with Crippen LogP contribution in [-0.4, -0.2) is 10.8 Å². The van der Waals surface area contributed by atoms with Gasteiger partial charge in [-0.25, -0.2) is 0 Å². The first-order chi connectivity index (χ1) is 11.8. The van der Waals surface area contributed by atoms with E-state index in [9.17, 15) is 0 Å². The number of nitrogens with zero attached hydrogens (tertiary/aromatic N) is 4. The van der Waals surface area contributed by atoms with Crippen LogP contribution in [-0.2, 0) is 0 Å². The first-order valence-electron chi connectivity index (χ1n) is 7.55. The molecule has 2 N–H and O–H groups in total. The molecule has 7 heteroatoms. The Hall–Kier alpha value is -2.41. The first-order valence-corrected chi connectivity index (χ1v) is 7.93. The number of halogens is 2. The van der Waals surface area contributed by atoms with Gasteiger partial charge in [-0.2, -0.15) is 5.43 Å². The molecular formula is C18H15BrClN5. The van der Waals surface area contributed by atoms with Crippen LogP contribution in [0.2, 0.25) is 5.02 Å². The van der Waals surface area contributed by atoms with Crippen LogP contribution in [0.25, 0.3) is 0 Å². The van der Waals surface area contributed by atoms with Gasteiger partial charge in [-0.05, 0) is 48.5 Å². The summed E-state index contributed by atoms with van der Waals surface area (Å²) in [7, 11) is 0. The van der Waals surface area contributed by atoms with E-state index in [2.05, 4.69) is 4.98 Å². The Morgan fingerprint density at radius 3 is 2.24 bits per heavy atom. The highest BCUT2D eigenvalue weighted by Crippen LogP contribution is 2.22. The van der Waals surface area contributed by atoms with Gasteiger partial charge in [-0.3, -0.25) is 4.98 Å². The van der Waals surface area contributed by atoms with Gasteiger partial charge >= 0.3 is 0 Å². The minimum Gasteiger partial charge on any atom is -1.00 e. The van der Waals surface area contributed by atoms with Crippen molar-refractivity contribution < 1.29 is 22.4 Å². The third-order valence-electron chi connectivity index (χ3n) is 3.69. The van der Waals surface area contributed by atoms with E-state index in [4.69, 9.17) is 16.7 Å². The molecular weight excluding hydrogens is 402 g/mol. The maximum atomic E-state index is 5.99. The number of rotatable bonds is 3. The number of hydrogen-bond donors (Lipinski definition) is 1. The van der Waals surface area contributed by atoms with Crippen molar-refractivity contribution in [1.29, 1.82) is 0 Å². The van der Waals surface area contributed by atoms with Gasteiger partial charge in [-0.15, -0.1) is 10.2 Å². The van der Waals surface area contributed by atoms with Gasteiger partial charge in [0.25, 0.3) is 5.84 Å². The van der Waals surface area contributed by atoms with Crippen molar-refractivity contribution >= 4 is 28.8 Å². The number of hydrazine groups is 1. The van der Waals surface area contributed by atoms with Gasteiger partial charge < -0.3 is 17.0 Å². The average Bonchev–Trinajstić information content (AvgIpc) is 3.09. The number of aromatic nitrogens is 1. The van der Waals surface area contributed by atoms with Gasteiger partial charge in [0.2, 0.25) is 0 Å². The molecule has 5 nitrogen and oxygen atoms in total. The minimum absolute atomic E-state index is 0. The molecule has 0 aliphatic carbocycles. The molecule has 1 aliphatic rings. The van der Waals surface area contributed by atoms with Crippen molar-refractivity contribution in [2.45, 2.75) is 0 Å². The number of hydrazone groups is 1. The van der Waals surface area contributed by atoms with E-state index in [1.54, 1.807) is 6.20 Å². The third kappa shape index (κ3) is 3.66. The zero-order chi connectivity index (χ0) is 16.4. The molecule has 0 bridgehead atoms. The maximum Gasteiger partial charge on any atom is 0.277 e. The SMILES string of the molecule is Clc1ccc(C2=NN(c3ccccc3)N(c3cccnc3)[NH2+]2)cc1.[Br-]. The van der Waals surface area contributed by atoms with Crippen molar-refractivity contribution in [2.75, 3.05) is 10.2 Å². The van der Waals surface area contributed by atoms with Crippen LogP contribution in [0.4, 0.5) is 11.4 Å². The molecule has 0 fully saturated rings. The van der Waals surface area contributed by atoms with E-state index in [0.29, 0.717) is 5.02 Å². The van der Waals surface area contributed by atoms with Crippen LogP contribution < -0.4 is 32.6 Å². The quantitative estimate of drug-likeness (QED) is 0.603. The molecule has 0 spiro atoms. The fraction of sp³-hybridized carbons (Fsp3) is 0. The fourth-order valence-electron chi connectivity index (χ4n) is 2.52. The molecule has 0 amide bonds. The summed E-state index contributed by atoms with van der Waals surface area (Å²) in [4.78, 5) is 4.21. The number of hydrogen-bond acceptors (Lipinski definition) is 4. The molecule has 2 heterocycles. The summed E-state index contributed by atoms with van der Waals surface area (Å²) in [5, 5.41) is 9.32. The van der Waals surface area contributed by atoms with E-state index in [-0.39, 0.29) is 17.0 Å². The molecule has 2 aromatic carbocycles. The summed E-state index contributed by atoms with van der Waals surface area (Å²) >= 11 is 5.99. The van der Waals surface area contributed by atoms with Gasteiger partial charge in [0, 0.05) is 11.2 Å². The summed E-state index contributed by atoms with van der Waals surface area (Å²) in [6, 6.07) is 21.6. The van der Waals surface area contributed by atoms with E-state index in [1.807, 2.05) is 88.6 Å². The van der Waals surface area contributed by atoms with Crippen molar-refractivity contribution in [3.63, 3.8) is 0 Å². The van der Waals surface area contributed by atoms with Gasteiger partial charge in [-0.1, -0.05) is 34.9 Å². The predicted molar refractivity (Wildman–Crippen MR) is 95.6 cm³/mol.